The van der Waals surface area contributed by atoms with Crippen LogP contribution in [0.2, 0.25) is 0 Å². The summed E-state index contributed by atoms with van der Waals surface area (Å²) >= 11 is 0. The normalized spacial score (nSPS) is 17.1. The largest absolute Gasteiger partial charge is 0.334 e. The van der Waals surface area contributed by atoms with Crippen LogP contribution in [0, 0.1) is 10.1 Å². The molecule has 2 heterocycles. The van der Waals surface area contributed by atoms with E-state index in [0.717, 1.165) is 11.8 Å². The van der Waals surface area contributed by atoms with E-state index in [9.17, 15) is 18.5 Å². The summed E-state index contributed by atoms with van der Waals surface area (Å²) in [5.41, 5.74) is 1.52. The van der Waals surface area contributed by atoms with E-state index in [4.69, 9.17) is 0 Å². The van der Waals surface area contributed by atoms with Crippen molar-refractivity contribution in [2.45, 2.75) is 6.54 Å². The van der Waals surface area contributed by atoms with E-state index >= 15 is 0 Å². The molecule has 9 nitrogen and oxygen atoms in total. The highest BCUT2D eigenvalue weighted by Crippen LogP contribution is 2.24. The minimum Gasteiger partial charge on any atom is -0.334 e. The van der Waals surface area contributed by atoms with Crippen molar-refractivity contribution >= 4 is 27.0 Å². The van der Waals surface area contributed by atoms with Crippen LogP contribution in [0.3, 0.4) is 0 Å². The van der Waals surface area contributed by atoms with E-state index in [1.807, 2.05) is 24.3 Å². The number of aromatic nitrogens is 2. The third-order valence-electron chi connectivity index (χ3n) is 3.95. The molecule has 0 aliphatic carbocycles. The molecule has 1 aliphatic heterocycles. The van der Waals surface area contributed by atoms with Crippen LogP contribution in [0.4, 0.5) is 17.2 Å². The van der Waals surface area contributed by atoms with Gasteiger partial charge in [-0.15, -0.1) is 0 Å². The van der Waals surface area contributed by atoms with Crippen LogP contribution in [0.25, 0.3) is 0 Å². The minimum absolute atomic E-state index is 0.133. The fourth-order valence-corrected chi connectivity index (χ4v) is 3.83. The number of nitrogens with zero attached hydrogens (tertiary/aromatic N) is 4. The summed E-state index contributed by atoms with van der Waals surface area (Å²) in [5, 5.41) is 13.9. The van der Waals surface area contributed by atoms with Gasteiger partial charge < -0.3 is 5.32 Å². The maximum Gasteiger partial charge on any atom is 0.329 e. The summed E-state index contributed by atoms with van der Waals surface area (Å²) in [5.74, 6) is 0.530. The van der Waals surface area contributed by atoms with E-state index in [0.29, 0.717) is 25.3 Å². The van der Waals surface area contributed by atoms with Crippen molar-refractivity contribution in [1.82, 2.24) is 14.9 Å². The summed E-state index contributed by atoms with van der Waals surface area (Å²) in [4.78, 5) is 20.1. The Kier molecular flexibility index (Phi) is 4.91. The first-order chi connectivity index (χ1) is 11.9. The van der Waals surface area contributed by atoms with Crippen LogP contribution in [-0.2, 0) is 16.4 Å². The van der Waals surface area contributed by atoms with Gasteiger partial charge in [-0.05, 0) is 17.7 Å². The Labute approximate surface area is 144 Å². The zero-order valence-electron chi connectivity index (χ0n) is 13.3. The number of benzene rings is 1. The molecular weight excluding hydrogens is 346 g/mol. The Balaban J connectivity index is 1.64. The Morgan fingerprint density at radius 1 is 1.20 bits per heavy atom. The topological polar surface area (TPSA) is 118 Å². The van der Waals surface area contributed by atoms with Crippen molar-refractivity contribution < 1.29 is 13.3 Å². The van der Waals surface area contributed by atoms with Gasteiger partial charge in [-0.3, -0.25) is 15.0 Å². The number of sulfone groups is 1. The summed E-state index contributed by atoms with van der Waals surface area (Å²) in [6, 6.07) is 7.42. The van der Waals surface area contributed by atoms with E-state index in [1.165, 1.54) is 6.33 Å². The predicted molar refractivity (Wildman–Crippen MR) is 92.3 cm³/mol. The molecule has 0 saturated carbocycles. The van der Waals surface area contributed by atoms with Gasteiger partial charge in [0.1, 0.15) is 12.5 Å². The summed E-state index contributed by atoms with van der Waals surface area (Å²) in [6.07, 6.45) is 2.39. The molecule has 1 aromatic carbocycles. The van der Waals surface area contributed by atoms with E-state index in [2.05, 4.69) is 20.2 Å². The van der Waals surface area contributed by atoms with Crippen molar-refractivity contribution in [1.29, 1.82) is 0 Å². The summed E-state index contributed by atoms with van der Waals surface area (Å²) in [7, 11) is -2.88. The maximum atomic E-state index is 11.4. The zero-order valence-corrected chi connectivity index (χ0v) is 14.1. The predicted octanol–water partition coefficient (Wildman–Crippen LogP) is 1.36. The maximum absolute atomic E-state index is 11.4. The first kappa shape index (κ1) is 17.2. The molecule has 25 heavy (non-hydrogen) atoms. The third-order valence-corrected chi connectivity index (χ3v) is 5.56. The monoisotopic (exact) mass is 363 g/mol. The first-order valence-corrected chi connectivity index (χ1v) is 9.48. The molecule has 0 radical (unpaired) electrons. The molecule has 3 rings (SSSR count). The molecule has 0 amide bonds. The molecule has 1 fully saturated rings. The molecule has 1 saturated heterocycles. The Morgan fingerprint density at radius 3 is 2.52 bits per heavy atom. The van der Waals surface area contributed by atoms with Crippen molar-refractivity contribution in [3.63, 3.8) is 0 Å². The molecule has 0 bridgehead atoms. The molecule has 0 unspecified atom stereocenters. The first-order valence-electron chi connectivity index (χ1n) is 7.66. The number of anilines is 2. The van der Waals surface area contributed by atoms with Crippen LogP contribution in [-0.4, -0.2) is 52.8 Å². The Morgan fingerprint density at radius 2 is 1.88 bits per heavy atom. The molecule has 132 valence electrons. The third kappa shape index (κ3) is 4.48. The van der Waals surface area contributed by atoms with Gasteiger partial charge in [0.2, 0.25) is 5.82 Å². The van der Waals surface area contributed by atoms with Crippen molar-refractivity contribution in [2.24, 2.45) is 0 Å². The second-order valence-electron chi connectivity index (χ2n) is 5.76. The lowest BCUT2D eigenvalue weighted by atomic mass is 10.2. The van der Waals surface area contributed by atoms with Crippen molar-refractivity contribution in [3.05, 3.63) is 52.5 Å². The number of hydrogen-bond acceptors (Lipinski definition) is 8. The van der Waals surface area contributed by atoms with Gasteiger partial charge in [-0.1, -0.05) is 12.1 Å². The van der Waals surface area contributed by atoms with Crippen LogP contribution in [0.1, 0.15) is 5.56 Å². The summed E-state index contributed by atoms with van der Waals surface area (Å²) in [6.45, 7) is 1.74. The van der Waals surface area contributed by atoms with Crippen molar-refractivity contribution in [3.8, 4) is 0 Å². The smallest absolute Gasteiger partial charge is 0.329 e. The molecule has 1 aromatic heterocycles. The number of nitrogens with one attached hydrogen (secondary N) is 1. The van der Waals surface area contributed by atoms with Gasteiger partial charge >= 0.3 is 5.69 Å². The number of rotatable bonds is 5. The lowest BCUT2D eigenvalue weighted by Crippen LogP contribution is -2.39. The lowest BCUT2D eigenvalue weighted by Gasteiger charge is -2.26. The average molecular weight is 363 g/mol. The molecule has 2 aromatic rings. The van der Waals surface area contributed by atoms with Gasteiger partial charge in [0.25, 0.3) is 0 Å². The summed E-state index contributed by atoms with van der Waals surface area (Å²) < 4.78 is 22.9. The number of nitro groups is 1. The highest BCUT2D eigenvalue weighted by molar-refractivity contribution is 7.91. The molecule has 0 spiro atoms. The highest BCUT2D eigenvalue weighted by Gasteiger charge is 2.21. The van der Waals surface area contributed by atoms with Gasteiger partial charge in [-0.25, -0.2) is 18.4 Å². The minimum atomic E-state index is -2.88. The van der Waals surface area contributed by atoms with Crippen LogP contribution >= 0.6 is 0 Å². The molecular formula is C15H17N5O4S. The second kappa shape index (κ2) is 7.11. The fourth-order valence-electron chi connectivity index (χ4n) is 2.55. The molecule has 10 heteroatoms. The SMILES string of the molecule is O=[N+]([O-])c1cncnc1Nc1ccc(CN2CCS(=O)(=O)CC2)cc1. The molecule has 1 N–H and O–H groups in total. The van der Waals surface area contributed by atoms with E-state index in [-0.39, 0.29) is 23.0 Å². The highest BCUT2D eigenvalue weighted by atomic mass is 32.2. The number of hydrogen-bond donors (Lipinski definition) is 1. The van der Waals surface area contributed by atoms with Gasteiger partial charge in [0.05, 0.1) is 16.4 Å². The standard InChI is InChI=1S/C15H17N5O4S/c21-20(22)14-9-16-11-17-15(14)18-13-3-1-12(2-4-13)10-19-5-7-25(23,24)8-6-19/h1-4,9,11H,5-8,10H2,(H,16,17,18). The van der Waals surface area contributed by atoms with Crippen molar-refractivity contribution in [2.75, 3.05) is 29.9 Å². The van der Waals surface area contributed by atoms with Crippen LogP contribution in [0.5, 0.6) is 0 Å². The van der Waals surface area contributed by atoms with Gasteiger partial charge in [0.15, 0.2) is 9.84 Å². The van der Waals surface area contributed by atoms with Crippen LogP contribution < -0.4 is 5.32 Å². The zero-order chi connectivity index (χ0) is 17.9. The Bertz CT molecular complexity index is 856. The second-order valence-corrected chi connectivity index (χ2v) is 8.07. The van der Waals surface area contributed by atoms with Gasteiger partial charge in [0, 0.05) is 25.3 Å². The van der Waals surface area contributed by atoms with Crippen LogP contribution in [0.15, 0.2) is 36.8 Å². The fraction of sp³-hybridized carbons (Fsp3) is 0.333. The molecule has 1 aliphatic rings. The molecule has 0 atom stereocenters. The quantitative estimate of drug-likeness (QED) is 0.625. The van der Waals surface area contributed by atoms with Gasteiger partial charge in [-0.2, -0.15) is 0 Å². The lowest BCUT2D eigenvalue weighted by molar-refractivity contribution is -0.384. The van der Waals surface area contributed by atoms with E-state index in [1.54, 1.807) is 0 Å². The average Bonchev–Trinajstić information content (AvgIpc) is 2.59. The van der Waals surface area contributed by atoms with E-state index < -0.39 is 14.8 Å². The Hall–Kier alpha value is -2.59.